The molecule has 3 heterocycles. The van der Waals surface area contributed by atoms with Crippen molar-refractivity contribution in [1.29, 1.82) is 0 Å². The highest BCUT2D eigenvalue weighted by Crippen LogP contribution is 2.15. The maximum Gasteiger partial charge on any atom is 0.239 e. The van der Waals surface area contributed by atoms with E-state index < -0.39 is 0 Å². The number of likely N-dealkylation sites (N-methyl/N-ethyl adjacent to an activating group) is 1. The lowest BCUT2D eigenvalue weighted by Gasteiger charge is -2.31. The van der Waals surface area contributed by atoms with Crippen molar-refractivity contribution in [1.82, 2.24) is 20.0 Å². The molecule has 0 spiro atoms. The molecule has 1 aliphatic heterocycles. The van der Waals surface area contributed by atoms with Gasteiger partial charge < -0.3 is 10.6 Å². The summed E-state index contributed by atoms with van der Waals surface area (Å²) in [5.74, 6) is 0.778. The SMILES string of the molecule is CNC1CCCN(CC(=O)Nc2ccnn2Cc2cccs2)C1.Cl.Cl. The standard InChI is InChI=1S/C16H23N5OS.2ClH/c1-17-13-4-2-8-20(10-13)12-16(22)19-15-6-7-18-21(15)11-14-5-3-9-23-14;;/h3,5-7,9,13,17H,2,4,8,10-12H2,1H3,(H,19,22);2*1H. The lowest BCUT2D eigenvalue weighted by Crippen LogP contribution is -2.47. The Morgan fingerprint density at radius 2 is 2.24 bits per heavy atom. The average molecular weight is 406 g/mol. The van der Waals surface area contributed by atoms with Crippen LogP contribution in [0, 0.1) is 0 Å². The number of nitrogens with zero attached hydrogens (tertiary/aromatic N) is 3. The van der Waals surface area contributed by atoms with Gasteiger partial charge >= 0.3 is 0 Å². The molecular formula is C16H25Cl2N5OS. The fraction of sp³-hybridized carbons (Fsp3) is 0.500. The first-order valence-corrected chi connectivity index (χ1v) is 8.86. The van der Waals surface area contributed by atoms with Gasteiger partial charge in [-0.05, 0) is 37.9 Å². The first-order valence-electron chi connectivity index (χ1n) is 7.98. The number of piperidine rings is 1. The van der Waals surface area contributed by atoms with Gasteiger partial charge in [0.2, 0.25) is 5.91 Å². The van der Waals surface area contributed by atoms with Crippen molar-refractivity contribution in [3.63, 3.8) is 0 Å². The van der Waals surface area contributed by atoms with E-state index in [0.29, 0.717) is 19.1 Å². The second-order valence-corrected chi connectivity index (χ2v) is 6.90. The zero-order valence-electron chi connectivity index (χ0n) is 14.2. The van der Waals surface area contributed by atoms with Gasteiger partial charge in [-0.1, -0.05) is 6.07 Å². The first-order chi connectivity index (χ1) is 11.2. The third-order valence-corrected chi connectivity index (χ3v) is 5.01. The van der Waals surface area contributed by atoms with Gasteiger partial charge in [0.05, 0.1) is 19.3 Å². The summed E-state index contributed by atoms with van der Waals surface area (Å²) in [5, 5.41) is 12.6. The number of halogens is 2. The highest BCUT2D eigenvalue weighted by atomic mass is 35.5. The number of carbonyl (C=O) groups is 1. The number of aromatic nitrogens is 2. The van der Waals surface area contributed by atoms with Crippen LogP contribution in [0.5, 0.6) is 0 Å². The van der Waals surface area contributed by atoms with E-state index >= 15 is 0 Å². The van der Waals surface area contributed by atoms with Crippen LogP contribution in [0.25, 0.3) is 0 Å². The van der Waals surface area contributed by atoms with E-state index in [0.717, 1.165) is 25.3 Å². The molecule has 2 aromatic heterocycles. The Bertz CT molecular complexity index is 634. The van der Waals surface area contributed by atoms with E-state index in [2.05, 4.69) is 26.7 Å². The number of hydrogen-bond donors (Lipinski definition) is 2. The Balaban J connectivity index is 0.00000156. The van der Waals surface area contributed by atoms with Crippen molar-refractivity contribution in [2.75, 3.05) is 32.0 Å². The van der Waals surface area contributed by atoms with Gasteiger partial charge in [0.1, 0.15) is 5.82 Å². The molecule has 1 fully saturated rings. The van der Waals surface area contributed by atoms with E-state index in [1.807, 2.05) is 29.2 Å². The van der Waals surface area contributed by atoms with Crippen LogP contribution in [0.15, 0.2) is 29.8 Å². The fourth-order valence-corrected chi connectivity index (χ4v) is 3.62. The van der Waals surface area contributed by atoms with Crippen LogP contribution < -0.4 is 10.6 Å². The average Bonchev–Trinajstić information content (AvgIpc) is 3.20. The number of hydrogen-bond acceptors (Lipinski definition) is 5. The van der Waals surface area contributed by atoms with Crippen LogP contribution in [-0.4, -0.2) is 53.3 Å². The summed E-state index contributed by atoms with van der Waals surface area (Å²) >= 11 is 1.69. The van der Waals surface area contributed by atoms with Crippen molar-refractivity contribution in [3.05, 3.63) is 34.7 Å². The minimum atomic E-state index is 0. The lowest BCUT2D eigenvalue weighted by atomic mass is 10.1. The van der Waals surface area contributed by atoms with Crippen LogP contribution in [0.3, 0.4) is 0 Å². The number of anilines is 1. The number of amides is 1. The molecule has 25 heavy (non-hydrogen) atoms. The van der Waals surface area contributed by atoms with E-state index in [1.165, 1.54) is 11.3 Å². The number of carbonyl (C=O) groups excluding carboxylic acids is 1. The molecular weight excluding hydrogens is 381 g/mol. The maximum absolute atomic E-state index is 12.3. The molecule has 0 aromatic carbocycles. The Morgan fingerprint density at radius 3 is 2.96 bits per heavy atom. The summed E-state index contributed by atoms with van der Waals surface area (Å²) in [6, 6.07) is 6.43. The van der Waals surface area contributed by atoms with Gasteiger partial charge in [0.25, 0.3) is 0 Å². The smallest absolute Gasteiger partial charge is 0.239 e. The Morgan fingerprint density at radius 1 is 1.40 bits per heavy atom. The molecule has 2 N–H and O–H groups in total. The van der Waals surface area contributed by atoms with Crippen molar-refractivity contribution in [2.24, 2.45) is 0 Å². The quantitative estimate of drug-likeness (QED) is 0.774. The zero-order valence-corrected chi connectivity index (χ0v) is 16.6. The molecule has 1 saturated heterocycles. The minimum Gasteiger partial charge on any atom is -0.316 e. The van der Waals surface area contributed by atoms with Crippen molar-refractivity contribution in [2.45, 2.75) is 25.4 Å². The molecule has 3 rings (SSSR count). The minimum absolute atomic E-state index is 0. The summed E-state index contributed by atoms with van der Waals surface area (Å²) in [6.07, 6.45) is 4.04. The van der Waals surface area contributed by atoms with Crippen LogP contribution in [0.1, 0.15) is 17.7 Å². The molecule has 0 saturated carbocycles. The van der Waals surface area contributed by atoms with Gasteiger partial charge in [-0.3, -0.25) is 9.69 Å². The topological polar surface area (TPSA) is 62.2 Å². The van der Waals surface area contributed by atoms with Gasteiger partial charge in [-0.15, -0.1) is 36.2 Å². The normalized spacial score (nSPS) is 17.4. The first kappa shape index (κ1) is 21.9. The monoisotopic (exact) mass is 405 g/mol. The highest BCUT2D eigenvalue weighted by molar-refractivity contribution is 7.09. The largest absolute Gasteiger partial charge is 0.316 e. The van der Waals surface area contributed by atoms with E-state index in [1.54, 1.807) is 17.5 Å². The van der Waals surface area contributed by atoms with Gasteiger partial charge in [-0.2, -0.15) is 5.10 Å². The summed E-state index contributed by atoms with van der Waals surface area (Å²) in [7, 11) is 1.98. The number of thiophene rings is 1. The molecule has 0 bridgehead atoms. The van der Waals surface area contributed by atoms with Crippen LogP contribution >= 0.6 is 36.2 Å². The zero-order chi connectivity index (χ0) is 16.1. The third kappa shape index (κ3) is 6.27. The molecule has 0 radical (unpaired) electrons. The van der Waals surface area contributed by atoms with Crippen molar-refractivity contribution < 1.29 is 4.79 Å². The Labute approximate surface area is 164 Å². The molecule has 1 amide bonds. The second-order valence-electron chi connectivity index (χ2n) is 5.86. The van der Waals surface area contributed by atoms with E-state index in [9.17, 15) is 4.79 Å². The molecule has 140 valence electrons. The second kappa shape index (κ2) is 10.8. The number of nitrogens with one attached hydrogen (secondary N) is 2. The summed E-state index contributed by atoms with van der Waals surface area (Å²) in [4.78, 5) is 15.7. The molecule has 0 aliphatic carbocycles. The van der Waals surface area contributed by atoms with Crippen LogP contribution in [-0.2, 0) is 11.3 Å². The molecule has 1 atom stereocenters. The number of likely N-dealkylation sites (tertiary alicyclic amines) is 1. The van der Waals surface area contributed by atoms with Crippen LogP contribution in [0.2, 0.25) is 0 Å². The molecule has 2 aromatic rings. The van der Waals surface area contributed by atoms with Crippen LogP contribution in [0.4, 0.5) is 5.82 Å². The van der Waals surface area contributed by atoms with Gasteiger partial charge in [0, 0.05) is 23.5 Å². The summed E-state index contributed by atoms with van der Waals surface area (Å²) < 4.78 is 1.83. The molecule has 1 aliphatic rings. The Hall–Kier alpha value is -1.12. The van der Waals surface area contributed by atoms with Gasteiger partial charge in [-0.25, -0.2) is 4.68 Å². The third-order valence-electron chi connectivity index (χ3n) is 4.15. The number of rotatable bonds is 6. The van der Waals surface area contributed by atoms with Gasteiger partial charge in [0.15, 0.2) is 0 Å². The highest BCUT2D eigenvalue weighted by Gasteiger charge is 2.20. The Kier molecular flexibility index (Phi) is 9.45. The predicted molar refractivity (Wildman–Crippen MR) is 107 cm³/mol. The summed E-state index contributed by atoms with van der Waals surface area (Å²) in [5.41, 5.74) is 0. The molecule has 6 nitrogen and oxygen atoms in total. The fourth-order valence-electron chi connectivity index (χ4n) is 2.94. The maximum atomic E-state index is 12.3. The van der Waals surface area contributed by atoms with Crippen molar-refractivity contribution in [3.8, 4) is 0 Å². The van der Waals surface area contributed by atoms with E-state index in [-0.39, 0.29) is 30.7 Å². The molecule has 9 heteroatoms. The summed E-state index contributed by atoms with van der Waals surface area (Å²) in [6.45, 7) is 3.03. The lowest BCUT2D eigenvalue weighted by molar-refractivity contribution is -0.117. The predicted octanol–water partition coefficient (Wildman–Crippen LogP) is 2.46. The van der Waals surface area contributed by atoms with E-state index in [4.69, 9.17) is 0 Å². The van der Waals surface area contributed by atoms with Crippen molar-refractivity contribution >= 4 is 47.9 Å². The molecule has 1 unspecified atom stereocenters.